The SMILES string of the molecule is CCC(C)(C)CCCCCc1ccc(CCCCCC2(I)CC2)c(C)c1. The summed E-state index contributed by atoms with van der Waals surface area (Å²) in [7, 11) is 0. The Balaban J connectivity index is 1.61. The summed E-state index contributed by atoms with van der Waals surface area (Å²) < 4.78 is 0.710. The number of aryl methyl sites for hydroxylation is 3. The molecule has 1 fully saturated rings. The Morgan fingerprint density at radius 2 is 1.65 bits per heavy atom. The van der Waals surface area contributed by atoms with Crippen LogP contribution in [0.2, 0.25) is 0 Å². The van der Waals surface area contributed by atoms with E-state index in [1.165, 1.54) is 89.0 Å². The maximum Gasteiger partial charge on any atom is 0.0223 e. The fourth-order valence-electron chi connectivity index (χ4n) is 3.80. The maximum atomic E-state index is 2.68. The number of benzene rings is 1. The van der Waals surface area contributed by atoms with Crippen molar-refractivity contribution in [1.82, 2.24) is 0 Å². The van der Waals surface area contributed by atoms with Gasteiger partial charge >= 0.3 is 0 Å². The highest BCUT2D eigenvalue weighted by Gasteiger charge is 2.38. The summed E-state index contributed by atoms with van der Waals surface area (Å²) >= 11 is 2.68. The Bertz CT molecular complexity index is 539. The molecule has 0 amide bonds. The van der Waals surface area contributed by atoms with Gasteiger partial charge in [-0.05, 0) is 80.4 Å². The van der Waals surface area contributed by atoms with Gasteiger partial charge in [-0.15, -0.1) is 0 Å². The van der Waals surface area contributed by atoms with Crippen molar-refractivity contribution in [2.75, 3.05) is 0 Å². The molecule has 1 heteroatoms. The summed E-state index contributed by atoms with van der Waals surface area (Å²) in [5.41, 5.74) is 5.17. The topological polar surface area (TPSA) is 0 Å². The van der Waals surface area contributed by atoms with E-state index in [2.05, 4.69) is 68.5 Å². The van der Waals surface area contributed by atoms with Crippen LogP contribution in [-0.2, 0) is 12.8 Å². The van der Waals surface area contributed by atoms with Crippen LogP contribution in [-0.4, -0.2) is 3.42 Å². The molecule has 26 heavy (non-hydrogen) atoms. The fraction of sp³-hybridized carbons (Fsp3) is 0.760. The highest BCUT2D eigenvalue weighted by atomic mass is 127. The van der Waals surface area contributed by atoms with Crippen LogP contribution in [0.3, 0.4) is 0 Å². The second-order valence-corrected chi connectivity index (χ2v) is 11.8. The fourth-order valence-corrected chi connectivity index (χ4v) is 4.45. The molecule has 1 aliphatic carbocycles. The van der Waals surface area contributed by atoms with Crippen molar-refractivity contribution >= 4 is 22.6 Å². The molecule has 1 aromatic rings. The van der Waals surface area contributed by atoms with E-state index in [-0.39, 0.29) is 0 Å². The first kappa shape index (κ1) is 22.2. The largest absolute Gasteiger partial charge is 0.0789 e. The van der Waals surface area contributed by atoms with E-state index in [0.717, 1.165) is 0 Å². The van der Waals surface area contributed by atoms with Gasteiger partial charge in [0.15, 0.2) is 0 Å². The van der Waals surface area contributed by atoms with E-state index in [1.807, 2.05) is 0 Å². The Hall–Kier alpha value is -0.0500. The molecule has 148 valence electrons. The molecule has 0 spiro atoms. The molecule has 0 saturated heterocycles. The van der Waals surface area contributed by atoms with Gasteiger partial charge in [-0.2, -0.15) is 0 Å². The van der Waals surface area contributed by atoms with Gasteiger partial charge in [0.2, 0.25) is 0 Å². The molecule has 1 aliphatic rings. The lowest BCUT2D eigenvalue weighted by Gasteiger charge is -2.22. The third-order valence-corrected chi connectivity index (χ3v) is 8.16. The molecule has 0 atom stereocenters. The zero-order valence-electron chi connectivity index (χ0n) is 17.8. The summed E-state index contributed by atoms with van der Waals surface area (Å²) in [6.45, 7) is 9.44. The third-order valence-electron chi connectivity index (χ3n) is 6.55. The van der Waals surface area contributed by atoms with Crippen LogP contribution in [0.4, 0.5) is 0 Å². The Morgan fingerprint density at radius 3 is 2.31 bits per heavy atom. The Labute approximate surface area is 177 Å². The lowest BCUT2D eigenvalue weighted by molar-refractivity contribution is 0.308. The third kappa shape index (κ3) is 8.31. The predicted molar refractivity (Wildman–Crippen MR) is 126 cm³/mol. The minimum Gasteiger partial charge on any atom is -0.0789 e. The number of unbranched alkanes of at least 4 members (excludes halogenated alkanes) is 4. The zero-order valence-corrected chi connectivity index (χ0v) is 20.0. The summed E-state index contributed by atoms with van der Waals surface area (Å²) in [6, 6.07) is 7.25. The summed E-state index contributed by atoms with van der Waals surface area (Å²) in [5, 5.41) is 0. The lowest BCUT2D eigenvalue weighted by Crippen LogP contribution is -2.08. The summed E-state index contributed by atoms with van der Waals surface area (Å²) in [5.74, 6) is 0. The zero-order chi connectivity index (χ0) is 19.0. The number of hydrogen-bond acceptors (Lipinski definition) is 0. The van der Waals surface area contributed by atoms with Crippen molar-refractivity contribution in [3.63, 3.8) is 0 Å². The van der Waals surface area contributed by atoms with Gasteiger partial charge in [-0.1, -0.05) is 93.7 Å². The van der Waals surface area contributed by atoms with E-state index >= 15 is 0 Å². The summed E-state index contributed by atoms with van der Waals surface area (Å²) in [6.07, 6.45) is 17.9. The van der Waals surface area contributed by atoms with E-state index < -0.39 is 0 Å². The maximum absolute atomic E-state index is 2.68. The van der Waals surface area contributed by atoms with E-state index in [4.69, 9.17) is 0 Å². The highest BCUT2D eigenvalue weighted by molar-refractivity contribution is 14.1. The Kier molecular flexibility index (Phi) is 8.97. The van der Waals surface area contributed by atoms with Crippen LogP contribution < -0.4 is 0 Å². The number of rotatable bonds is 13. The molecular weight excluding hydrogens is 427 g/mol. The second-order valence-electron chi connectivity index (χ2n) is 9.55. The molecule has 0 N–H and O–H groups in total. The Morgan fingerprint density at radius 1 is 0.962 bits per heavy atom. The van der Waals surface area contributed by atoms with Crippen molar-refractivity contribution < 1.29 is 0 Å². The highest BCUT2D eigenvalue weighted by Crippen LogP contribution is 2.48. The molecule has 0 aromatic heterocycles. The van der Waals surface area contributed by atoms with Crippen LogP contribution in [0.15, 0.2) is 18.2 Å². The van der Waals surface area contributed by atoms with Crippen LogP contribution >= 0.6 is 22.6 Å². The minimum atomic E-state index is 0.536. The van der Waals surface area contributed by atoms with Crippen molar-refractivity contribution in [3.05, 3.63) is 34.9 Å². The van der Waals surface area contributed by atoms with Gasteiger partial charge in [0.05, 0.1) is 0 Å². The van der Waals surface area contributed by atoms with Crippen LogP contribution in [0.25, 0.3) is 0 Å². The van der Waals surface area contributed by atoms with Crippen LogP contribution in [0.1, 0.15) is 108 Å². The molecule has 0 aliphatic heterocycles. The van der Waals surface area contributed by atoms with Crippen LogP contribution in [0, 0.1) is 12.3 Å². The minimum absolute atomic E-state index is 0.536. The smallest absolute Gasteiger partial charge is 0.0223 e. The van der Waals surface area contributed by atoms with Crippen molar-refractivity contribution in [1.29, 1.82) is 0 Å². The molecule has 0 bridgehead atoms. The predicted octanol–water partition coefficient (Wildman–Crippen LogP) is 8.60. The van der Waals surface area contributed by atoms with Crippen molar-refractivity contribution in [2.24, 2.45) is 5.41 Å². The number of alkyl halides is 1. The van der Waals surface area contributed by atoms with Gasteiger partial charge < -0.3 is 0 Å². The van der Waals surface area contributed by atoms with Gasteiger partial charge in [0, 0.05) is 3.42 Å². The molecule has 1 saturated carbocycles. The lowest BCUT2D eigenvalue weighted by atomic mass is 9.84. The molecular formula is C25H41I. The van der Waals surface area contributed by atoms with Gasteiger partial charge in [0.1, 0.15) is 0 Å². The number of halogens is 1. The molecule has 2 rings (SSSR count). The standard InChI is InChI=1S/C25H41I/c1-5-24(3,4)16-10-6-8-12-22-14-15-23(21(2)20-22)13-9-7-11-17-25(26)18-19-25/h14-15,20H,5-13,16-19H2,1-4H3. The van der Waals surface area contributed by atoms with E-state index in [0.29, 0.717) is 8.84 Å². The average Bonchev–Trinajstić information content (AvgIpc) is 3.33. The van der Waals surface area contributed by atoms with Crippen LogP contribution in [0.5, 0.6) is 0 Å². The van der Waals surface area contributed by atoms with E-state index in [9.17, 15) is 0 Å². The van der Waals surface area contributed by atoms with Crippen molar-refractivity contribution in [2.45, 2.75) is 115 Å². The number of hydrogen-bond donors (Lipinski definition) is 0. The first-order valence-corrected chi connectivity index (χ1v) is 12.2. The normalized spacial score (nSPS) is 16.0. The molecule has 0 unspecified atom stereocenters. The van der Waals surface area contributed by atoms with Gasteiger partial charge in [-0.3, -0.25) is 0 Å². The van der Waals surface area contributed by atoms with Gasteiger partial charge in [-0.25, -0.2) is 0 Å². The monoisotopic (exact) mass is 468 g/mol. The first-order chi connectivity index (χ1) is 12.3. The molecule has 0 radical (unpaired) electrons. The first-order valence-electron chi connectivity index (χ1n) is 11.1. The molecule has 1 aromatic carbocycles. The molecule has 0 heterocycles. The summed E-state index contributed by atoms with van der Waals surface area (Å²) in [4.78, 5) is 0. The second kappa shape index (κ2) is 10.5. The molecule has 0 nitrogen and oxygen atoms in total. The van der Waals surface area contributed by atoms with E-state index in [1.54, 1.807) is 11.1 Å². The quantitative estimate of drug-likeness (QED) is 0.154. The van der Waals surface area contributed by atoms with Crippen molar-refractivity contribution in [3.8, 4) is 0 Å². The average molecular weight is 469 g/mol. The van der Waals surface area contributed by atoms with Gasteiger partial charge in [0.25, 0.3) is 0 Å².